The van der Waals surface area contributed by atoms with E-state index < -0.39 is 12.0 Å². The molecule has 2 aliphatic rings. The number of carbonyl (C=O) groups excluding carboxylic acids is 1. The molecule has 2 aromatic carbocycles. The Morgan fingerprint density at radius 2 is 1.81 bits per heavy atom. The molecule has 0 aromatic heterocycles. The molecule has 1 aliphatic heterocycles. The van der Waals surface area contributed by atoms with Gasteiger partial charge in [0.15, 0.2) is 0 Å². The third kappa shape index (κ3) is 3.69. The Balaban J connectivity index is 1.51. The molecule has 2 aromatic rings. The zero-order valence-electron chi connectivity index (χ0n) is 15.3. The predicted octanol–water partition coefficient (Wildman–Crippen LogP) is 3.68. The summed E-state index contributed by atoms with van der Waals surface area (Å²) in [7, 11) is 0. The van der Waals surface area contributed by atoms with Gasteiger partial charge in [-0.2, -0.15) is 0 Å². The van der Waals surface area contributed by atoms with Crippen LogP contribution in [-0.2, 0) is 14.3 Å². The van der Waals surface area contributed by atoms with Crippen molar-refractivity contribution in [3.05, 3.63) is 48.0 Å². The maximum Gasteiger partial charge on any atom is 0.305 e. The van der Waals surface area contributed by atoms with Crippen molar-refractivity contribution in [3.8, 4) is 0 Å². The molecule has 0 bridgehead atoms. The van der Waals surface area contributed by atoms with E-state index in [1.54, 1.807) is 0 Å². The number of fused-ring (bicyclic) bond motifs is 1. The minimum Gasteiger partial charge on any atom is -0.481 e. The molecule has 1 saturated heterocycles. The Bertz CT molecular complexity index is 843. The molecular formula is C22H25NO4. The molecule has 2 N–H and O–H groups in total. The molecule has 4 rings (SSSR count). The Morgan fingerprint density at radius 3 is 2.56 bits per heavy atom. The summed E-state index contributed by atoms with van der Waals surface area (Å²) in [6, 6.07) is 13.2. The number of rotatable bonds is 5. The van der Waals surface area contributed by atoms with Crippen molar-refractivity contribution in [3.63, 3.8) is 0 Å². The number of hydrogen-bond donors (Lipinski definition) is 2. The smallest absolute Gasteiger partial charge is 0.305 e. The lowest BCUT2D eigenvalue weighted by Crippen LogP contribution is -2.48. The highest BCUT2D eigenvalue weighted by atomic mass is 16.5. The second-order valence-corrected chi connectivity index (χ2v) is 7.94. The van der Waals surface area contributed by atoms with Crippen LogP contribution in [0.1, 0.15) is 43.7 Å². The van der Waals surface area contributed by atoms with E-state index in [1.165, 1.54) is 0 Å². The molecule has 1 spiro atoms. The lowest BCUT2D eigenvalue weighted by Gasteiger charge is -2.49. The molecule has 1 saturated carbocycles. The first-order valence-electron chi connectivity index (χ1n) is 9.64. The fourth-order valence-electron chi connectivity index (χ4n) is 4.64. The summed E-state index contributed by atoms with van der Waals surface area (Å²) in [5.41, 5.74) is 1.13. The maximum atomic E-state index is 12.8. The topological polar surface area (TPSA) is 75.6 Å². The van der Waals surface area contributed by atoms with E-state index >= 15 is 0 Å². The van der Waals surface area contributed by atoms with Crippen molar-refractivity contribution in [1.82, 2.24) is 5.32 Å². The van der Waals surface area contributed by atoms with Crippen molar-refractivity contribution in [2.75, 3.05) is 13.2 Å². The van der Waals surface area contributed by atoms with Crippen LogP contribution < -0.4 is 5.32 Å². The second kappa shape index (κ2) is 7.31. The Hall–Kier alpha value is -2.40. The fraction of sp³-hybridized carbons (Fsp3) is 0.455. The fourth-order valence-corrected chi connectivity index (χ4v) is 4.64. The molecule has 1 aliphatic carbocycles. The molecule has 2 fully saturated rings. The normalized spacial score (nSPS) is 20.1. The van der Waals surface area contributed by atoms with Gasteiger partial charge in [-0.05, 0) is 47.4 Å². The van der Waals surface area contributed by atoms with Crippen LogP contribution in [0.25, 0.3) is 10.8 Å². The first-order valence-corrected chi connectivity index (χ1v) is 9.64. The van der Waals surface area contributed by atoms with Crippen LogP contribution in [0.15, 0.2) is 42.5 Å². The molecule has 1 heterocycles. The van der Waals surface area contributed by atoms with Crippen molar-refractivity contribution in [2.24, 2.45) is 11.3 Å². The highest BCUT2D eigenvalue weighted by Crippen LogP contribution is 2.52. The summed E-state index contributed by atoms with van der Waals surface area (Å²) >= 11 is 0. The number of hydrogen-bond acceptors (Lipinski definition) is 3. The predicted molar refractivity (Wildman–Crippen MR) is 102 cm³/mol. The third-order valence-electron chi connectivity index (χ3n) is 6.18. The molecular weight excluding hydrogens is 342 g/mol. The van der Waals surface area contributed by atoms with Gasteiger partial charge in [0.05, 0.1) is 12.5 Å². The molecule has 0 radical (unpaired) electrons. The van der Waals surface area contributed by atoms with Crippen LogP contribution in [0, 0.1) is 11.3 Å². The maximum absolute atomic E-state index is 12.8. The largest absolute Gasteiger partial charge is 0.481 e. The van der Waals surface area contributed by atoms with Gasteiger partial charge in [0, 0.05) is 19.1 Å². The van der Waals surface area contributed by atoms with E-state index in [9.17, 15) is 14.7 Å². The summed E-state index contributed by atoms with van der Waals surface area (Å²) in [6.07, 6.45) is 3.71. The minimum absolute atomic E-state index is 0.0191. The summed E-state index contributed by atoms with van der Waals surface area (Å²) in [5.74, 6) is -0.955. The lowest BCUT2D eigenvalue weighted by atomic mass is 9.58. The van der Waals surface area contributed by atoms with Crippen molar-refractivity contribution in [2.45, 2.75) is 38.1 Å². The number of amides is 1. The molecule has 142 valence electrons. The first-order chi connectivity index (χ1) is 13.1. The number of aliphatic carboxylic acids is 1. The highest BCUT2D eigenvalue weighted by molar-refractivity contribution is 5.88. The average molecular weight is 367 g/mol. The van der Waals surface area contributed by atoms with Gasteiger partial charge < -0.3 is 15.2 Å². The third-order valence-corrected chi connectivity index (χ3v) is 6.18. The Morgan fingerprint density at radius 1 is 1.11 bits per heavy atom. The summed E-state index contributed by atoms with van der Waals surface area (Å²) in [5, 5.41) is 14.4. The number of carboxylic acids is 1. The van der Waals surface area contributed by atoms with E-state index in [0.717, 1.165) is 55.2 Å². The molecule has 1 atom stereocenters. The summed E-state index contributed by atoms with van der Waals surface area (Å²) in [4.78, 5) is 24.2. The van der Waals surface area contributed by atoms with Crippen molar-refractivity contribution in [1.29, 1.82) is 0 Å². The highest BCUT2D eigenvalue weighted by Gasteiger charge is 2.48. The quantitative estimate of drug-likeness (QED) is 0.845. The average Bonchev–Trinajstić information content (AvgIpc) is 2.65. The number of carbonyl (C=O) groups is 2. The molecule has 0 unspecified atom stereocenters. The second-order valence-electron chi connectivity index (χ2n) is 7.94. The zero-order valence-corrected chi connectivity index (χ0v) is 15.3. The Kier molecular flexibility index (Phi) is 4.87. The number of benzene rings is 2. The van der Waals surface area contributed by atoms with Crippen LogP contribution in [0.5, 0.6) is 0 Å². The van der Waals surface area contributed by atoms with E-state index in [4.69, 9.17) is 4.74 Å². The number of carboxylic acid groups (broad SMARTS) is 1. The first kappa shape index (κ1) is 18.0. The molecule has 1 amide bonds. The molecule has 5 heteroatoms. The van der Waals surface area contributed by atoms with Gasteiger partial charge in [-0.3, -0.25) is 9.59 Å². The lowest BCUT2D eigenvalue weighted by molar-refractivity contribution is -0.140. The monoisotopic (exact) mass is 367 g/mol. The van der Waals surface area contributed by atoms with Gasteiger partial charge in [0.25, 0.3) is 0 Å². The Labute approximate surface area is 158 Å². The van der Waals surface area contributed by atoms with E-state index in [1.807, 2.05) is 42.5 Å². The minimum atomic E-state index is -0.914. The van der Waals surface area contributed by atoms with Gasteiger partial charge in [-0.25, -0.2) is 0 Å². The summed E-state index contributed by atoms with van der Waals surface area (Å²) in [6.45, 7) is 1.57. The van der Waals surface area contributed by atoms with E-state index in [2.05, 4.69) is 5.32 Å². The molecule has 27 heavy (non-hydrogen) atoms. The van der Waals surface area contributed by atoms with Crippen LogP contribution in [-0.4, -0.2) is 30.2 Å². The van der Waals surface area contributed by atoms with Gasteiger partial charge in [-0.15, -0.1) is 0 Å². The van der Waals surface area contributed by atoms with Gasteiger partial charge in [0.2, 0.25) is 5.91 Å². The van der Waals surface area contributed by atoms with Crippen molar-refractivity contribution >= 4 is 22.6 Å². The molecule has 5 nitrogen and oxygen atoms in total. The van der Waals surface area contributed by atoms with Crippen LogP contribution in [0.2, 0.25) is 0 Å². The van der Waals surface area contributed by atoms with Gasteiger partial charge >= 0.3 is 5.97 Å². The van der Waals surface area contributed by atoms with Crippen molar-refractivity contribution < 1.29 is 19.4 Å². The van der Waals surface area contributed by atoms with Gasteiger partial charge in [-0.1, -0.05) is 42.5 Å². The summed E-state index contributed by atoms with van der Waals surface area (Å²) < 4.78 is 5.44. The van der Waals surface area contributed by atoms with Crippen LogP contribution in [0.4, 0.5) is 0 Å². The van der Waals surface area contributed by atoms with Crippen LogP contribution >= 0.6 is 0 Å². The number of nitrogens with one attached hydrogen (secondary N) is 1. The number of ether oxygens (including phenoxy) is 1. The van der Waals surface area contributed by atoms with E-state index in [0.29, 0.717) is 0 Å². The standard InChI is InChI=1S/C22H25NO4/c24-20(25)12-19(18-7-3-5-15-4-1-2-6-17(15)18)23-21(26)16-13-22(14-16)8-10-27-11-9-22/h1-7,16,19H,8-14H2,(H,23,26)(H,24,25)/t19-/m1/s1. The SMILES string of the molecule is O=C(O)C[C@@H](NC(=O)C1CC2(CCOCC2)C1)c1cccc2ccccc12. The van der Waals surface area contributed by atoms with E-state index in [-0.39, 0.29) is 23.7 Å². The zero-order chi connectivity index (χ0) is 18.9. The van der Waals surface area contributed by atoms with Gasteiger partial charge in [0.1, 0.15) is 0 Å². The van der Waals surface area contributed by atoms with Crippen LogP contribution in [0.3, 0.4) is 0 Å².